The van der Waals surface area contributed by atoms with Crippen molar-refractivity contribution in [3.63, 3.8) is 0 Å². The van der Waals surface area contributed by atoms with Gasteiger partial charge in [-0.15, -0.1) is 0 Å². The highest BCUT2D eigenvalue weighted by Crippen LogP contribution is 2.39. The molecular formula is C26H32N4O3. The molecule has 33 heavy (non-hydrogen) atoms. The lowest BCUT2D eigenvalue weighted by Gasteiger charge is -2.41. The Labute approximate surface area is 195 Å². The number of carbonyl (C=O) groups is 1. The summed E-state index contributed by atoms with van der Waals surface area (Å²) in [4.78, 5) is 22.3. The highest BCUT2D eigenvalue weighted by molar-refractivity contribution is 5.93. The molecular weight excluding hydrogens is 416 g/mol. The van der Waals surface area contributed by atoms with Crippen LogP contribution in [0.15, 0.2) is 16.7 Å². The van der Waals surface area contributed by atoms with Gasteiger partial charge in [0.1, 0.15) is 11.9 Å². The first-order valence-electron chi connectivity index (χ1n) is 12.2. The van der Waals surface area contributed by atoms with Gasteiger partial charge in [-0.1, -0.05) is 19.3 Å². The van der Waals surface area contributed by atoms with Gasteiger partial charge in [0.25, 0.3) is 5.91 Å². The predicted molar refractivity (Wildman–Crippen MR) is 124 cm³/mol. The number of hydrogen-bond donors (Lipinski definition) is 0. The summed E-state index contributed by atoms with van der Waals surface area (Å²) >= 11 is 0. The summed E-state index contributed by atoms with van der Waals surface area (Å²) in [7, 11) is 0. The number of ether oxygens (including phenoxy) is 1. The smallest absolute Gasteiger partial charge is 0.290 e. The Balaban J connectivity index is 1.46. The van der Waals surface area contributed by atoms with Gasteiger partial charge in [0.05, 0.1) is 30.7 Å². The molecule has 2 aromatic rings. The third-order valence-electron chi connectivity index (χ3n) is 7.52. The number of furan rings is 1. The Morgan fingerprint density at radius 3 is 2.73 bits per heavy atom. The first-order valence-corrected chi connectivity index (χ1v) is 12.2. The summed E-state index contributed by atoms with van der Waals surface area (Å²) in [6.07, 6.45) is 8.41. The van der Waals surface area contributed by atoms with E-state index in [0.29, 0.717) is 50.1 Å². The summed E-state index contributed by atoms with van der Waals surface area (Å²) < 4.78 is 11.2. The van der Waals surface area contributed by atoms with E-state index >= 15 is 0 Å². The molecule has 0 radical (unpaired) electrons. The zero-order valence-electron chi connectivity index (χ0n) is 19.6. The number of fused-ring (bicyclic) bond motifs is 1. The molecule has 7 heteroatoms. The van der Waals surface area contributed by atoms with E-state index < -0.39 is 0 Å². The first kappa shape index (κ1) is 22.0. The Hall–Kier alpha value is -2.85. The van der Waals surface area contributed by atoms with E-state index in [1.54, 1.807) is 6.26 Å². The van der Waals surface area contributed by atoms with Gasteiger partial charge in [0.15, 0.2) is 5.76 Å². The van der Waals surface area contributed by atoms with Gasteiger partial charge in [0.2, 0.25) is 0 Å². The second kappa shape index (κ2) is 9.18. The Morgan fingerprint density at radius 1 is 1.21 bits per heavy atom. The minimum absolute atomic E-state index is 0.0124. The van der Waals surface area contributed by atoms with Crippen molar-refractivity contribution in [2.45, 2.75) is 70.9 Å². The van der Waals surface area contributed by atoms with Crippen LogP contribution in [0.1, 0.15) is 83.4 Å². The molecule has 4 heterocycles. The predicted octanol–water partition coefficient (Wildman–Crippen LogP) is 4.33. The summed E-state index contributed by atoms with van der Waals surface area (Å²) in [5.74, 6) is 1.60. The van der Waals surface area contributed by atoms with E-state index in [-0.39, 0.29) is 11.9 Å². The summed E-state index contributed by atoms with van der Waals surface area (Å²) in [6, 6.07) is 4.28. The van der Waals surface area contributed by atoms with Crippen molar-refractivity contribution in [2.75, 3.05) is 31.1 Å². The fourth-order valence-corrected chi connectivity index (χ4v) is 5.70. The van der Waals surface area contributed by atoms with Crippen LogP contribution in [0.4, 0.5) is 5.82 Å². The molecule has 0 N–H and O–H groups in total. The molecule has 2 aliphatic heterocycles. The molecule has 2 fully saturated rings. The van der Waals surface area contributed by atoms with Crippen molar-refractivity contribution in [1.82, 2.24) is 9.88 Å². The standard InChI is InChI=1S/C26H32N4O3/c1-17-8-13-33-24(17)26(31)30-11-10-29(15-18(30)2)25-21(14-27)20-9-12-32-16-22(20)23(28-25)19-6-4-3-5-7-19/h8,13,18-19H,3-7,9-12,15-16H2,1-2H3. The number of hydrogen-bond acceptors (Lipinski definition) is 6. The number of piperazine rings is 1. The fourth-order valence-electron chi connectivity index (χ4n) is 5.70. The Morgan fingerprint density at radius 2 is 2.03 bits per heavy atom. The summed E-state index contributed by atoms with van der Waals surface area (Å²) in [5.41, 5.74) is 4.99. The highest BCUT2D eigenvalue weighted by Gasteiger charge is 2.34. The van der Waals surface area contributed by atoms with Crippen LogP contribution in [0, 0.1) is 18.3 Å². The van der Waals surface area contributed by atoms with Gasteiger partial charge >= 0.3 is 0 Å². The molecule has 0 aromatic carbocycles. The monoisotopic (exact) mass is 448 g/mol. The number of aromatic nitrogens is 1. The largest absolute Gasteiger partial charge is 0.459 e. The van der Waals surface area contributed by atoms with Crippen LogP contribution in [0.5, 0.6) is 0 Å². The van der Waals surface area contributed by atoms with Crippen LogP contribution in [-0.2, 0) is 17.8 Å². The van der Waals surface area contributed by atoms with Crippen LogP contribution < -0.4 is 4.90 Å². The molecule has 1 amide bonds. The number of pyridine rings is 1. The average molecular weight is 449 g/mol. The first-order chi connectivity index (χ1) is 16.1. The quantitative estimate of drug-likeness (QED) is 0.695. The minimum Gasteiger partial charge on any atom is -0.459 e. The molecule has 1 saturated carbocycles. The number of rotatable bonds is 3. The molecule has 5 rings (SSSR count). The maximum absolute atomic E-state index is 13.0. The van der Waals surface area contributed by atoms with Crippen LogP contribution in [0.2, 0.25) is 0 Å². The topological polar surface area (TPSA) is 82.6 Å². The Bertz CT molecular complexity index is 1080. The number of nitriles is 1. The third-order valence-corrected chi connectivity index (χ3v) is 7.52. The third kappa shape index (κ3) is 4.02. The van der Waals surface area contributed by atoms with E-state index in [9.17, 15) is 10.1 Å². The van der Waals surface area contributed by atoms with Gasteiger partial charge in [-0.25, -0.2) is 4.98 Å². The summed E-state index contributed by atoms with van der Waals surface area (Å²) in [6.45, 7) is 7.03. The number of aryl methyl sites for hydroxylation is 1. The molecule has 0 spiro atoms. The van der Waals surface area contributed by atoms with Crippen molar-refractivity contribution < 1.29 is 13.9 Å². The molecule has 174 valence electrons. The van der Waals surface area contributed by atoms with Crippen LogP contribution in [-0.4, -0.2) is 48.1 Å². The van der Waals surface area contributed by atoms with Gasteiger partial charge in [-0.05, 0) is 44.7 Å². The lowest BCUT2D eigenvalue weighted by atomic mass is 9.82. The number of nitrogens with zero attached hydrogens (tertiary/aromatic N) is 4. The van der Waals surface area contributed by atoms with Gasteiger partial charge < -0.3 is 19.0 Å². The molecule has 1 saturated heterocycles. The van der Waals surface area contributed by atoms with E-state index in [1.165, 1.54) is 19.3 Å². The maximum Gasteiger partial charge on any atom is 0.290 e. The van der Waals surface area contributed by atoms with Crippen molar-refractivity contribution in [2.24, 2.45) is 0 Å². The molecule has 2 aromatic heterocycles. The zero-order valence-corrected chi connectivity index (χ0v) is 19.6. The number of carbonyl (C=O) groups excluding carboxylic acids is 1. The zero-order chi connectivity index (χ0) is 22.9. The van der Waals surface area contributed by atoms with Gasteiger partial charge in [0, 0.05) is 42.7 Å². The molecule has 0 bridgehead atoms. The normalized spacial score (nSPS) is 21.5. The molecule has 7 nitrogen and oxygen atoms in total. The minimum atomic E-state index is -0.0661. The van der Waals surface area contributed by atoms with Gasteiger partial charge in [-0.2, -0.15) is 5.26 Å². The van der Waals surface area contributed by atoms with E-state index in [4.69, 9.17) is 14.1 Å². The molecule has 1 aliphatic carbocycles. The van der Waals surface area contributed by atoms with E-state index in [0.717, 1.165) is 47.5 Å². The van der Waals surface area contributed by atoms with Crippen molar-refractivity contribution in [1.29, 1.82) is 5.26 Å². The lowest BCUT2D eigenvalue weighted by Crippen LogP contribution is -2.54. The lowest BCUT2D eigenvalue weighted by molar-refractivity contribution is 0.0640. The fraction of sp³-hybridized carbons (Fsp3) is 0.577. The second-order valence-corrected chi connectivity index (χ2v) is 9.63. The SMILES string of the molecule is Cc1ccoc1C(=O)N1CCN(c2nc(C3CCCCC3)c3c(c2C#N)CCOC3)CC1C. The van der Waals surface area contributed by atoms with Crippen LogP contribution in [0.3, 0.4) is 0 Å². The summed E-state index contributed by atoms with van der Waals surface area (Å²) in [5, 5.41) is 10.1. The molecule has 3 aliphatic rings. The maximum atomic E-state index is 13.0. The Kier molecular flexibility index (Phi) is 6.11. The van der Waals surface area contributed by atoms with Crippen LogP contribution >= 0.6 is 0 Å². The van der Waals surface area contributed by atoms with Crippen molar-refractivity contribution >= 4 is 11.7 Å². The molecule has 1 atom stereocenters. The van der Waals surface area contributed by atoms with Crippen molar-refractivity contribution in [3.8, 4) is 6.07 Å². The van der Waals surface area contributed by atoms with Crippen molar-refractivity contribution in [3.05, 3.63) is 46.0 Å². The second-order valence-electron chi connectivity index (χ2n) is 9.63. The highest BCUT2D eigenvalue weighted by atomic mass is 16.5. The molecule has 1 unspecified atom stereocenters. The number of amides is 1. The van der Waals surface area contributed by atoms with E-state index in [1.807, 2.05) is 17.9 Å². The van der Waals surface area contributed by atoms with Gasteiger partial charge in [-0.3, -0.25) is 4.79 Å². The van der Waals surface area contributed by atoms with E-state index in [2.05, 4.69) is 17.9 Å². The van der Waals surface area contributed by atoms with Crippen LogP contribution in [0.25, 0.3) is 0 Å². The number of anilines is 1. The average Bonchev–Trinajstić information content (AvgIpc) is 3.28.